The predicted octanol–water partition coefficient (Wildman–Crippen LogP) is 1.26. The van der Waals surface area contributed by atoms with Gasteiger partial charge in [-0.2, -0.15) is 0 Å². The van der Waals surface area contributed by atoms with Crippen molar-refractivity contribution >= 4 is 21.7 Å². The highest BCUT2D eigenvalue weighted by Crippen LogP contribution is 2.32. The van der Waals surface area contributed by atoms with Crippen LogP contribution in [-0.4, -0.2) is 55.4 Å². The minimum Gasteiger partial charge on any atom is -0.455 e. The number of rotatable bonds is 6. The second-order valence-electron chi connectivity index (χ2n) is 6.91. The lowest BCUT2D eigenvalue weighted by molar-refractivity contribution is -0.152. The molecule has 0 unspecified atom stereocenters. The molecule has 0 aromatic heterocycles. The van der Waals surface area contributed by atoms with Gasteiger partial charge in [0.05, 0.1) is 17.9 Å². The zero-order chi connectivity index (χ0) is 18.0. The molecule has 2 aliphatic rings. The molecule has 1 atom stereocenters. The van der Waals surface area contributed by atoms with Gasteiger partial charge < -0.3 is 9.64 Å². The summed E-state index contributed by atoms with van der Waals surface area (Å²) in [6, 6.07) is 7.38. The molecule has 1 heterocycles. The Labute approximate surface area is 148 Å². The molecule has 0 radical (unpaired) electrons. The molecule has 0 bridgehead atoms. The van der Waals surface area contributed by atoms with Crippen molar-refractivity contribution in [1.29, 1.82) is 0 Å². The van der Waals surface area contributed by atoms with E-state index in [1.807, 2.05) is 31.2 Å². The molecule has 6 nitrogen and oxygen atoms in total. The van der Waals surface area contributed by atoms with Crippen molar-refractivity contribution in [2.75, 3.05) is 18.1 Å². The van der Waals surface area contributed by atoms with Gasteiger partial charge in [0.25, 0.3) is 5.91 Å². The molecule has 1 aromatic carbocycles. The monoisotopic (exact) mass is 365 g/mol. The van der Waals surface area contributed by atoms with Gasteiger partial charge >= 0.3 is 5.97 Å². The summed E-state index contributed by atoms with van der Waals surface area (Å²) in [6.45, 7) is 1.65. The molecule has 0 N–H and O–H groups in total. The Morgan fingerprint density at radius 2 is 1.80 bits per heavy atom. The predicted molar refractivity (Wildman–Crippen MR) is 92.8 cm³/mol. The zero-order valence-electron chi connectivity index (χ0n) is 14.3. The van der Waals surface area contributed by atoms with E-state index in [9.17, 15) is 18.0 Å². The van der Waals surface area contributed by atoms with Crippen LogP contribution >= 0.6 is 0 Å². The third-order valence-corrected chi connectivity index (χ3v) is 6.41. The van der Waals surface area contributed by atoms with Gasteiger partial charge in [-0.05, 0) is 31.7 Å². The van der Waals surface area contributed by atoms with E-state index < -0.39 is 15.8 Å². The number of esters is 1. The Balaban J connectivity index is 1.53. The number of sulfone groups is 1. The lowest BCUT2D eigenvalue weighted by Crippen LogP contribution is -2.44. The maximum Gasteiger partial charge on any atom is 0.310 e. The smallest absolute Gasteiger partial charge is 0.310 e. The lowest BCUT2D eigenvalue weighted by Gasteiger charge is -2.28. The Morgan fingerprint density at radius 1 is 1.12 bits per heavy atom. The summed E-state index contributed by atoms with van der Waals surface area (Å²) in [5, 5.41) is 0. The Kier molecular flexibility index (Phi) is 5.13. The molecule has 3 rings (SSSR count). The van der Waals surface area contributed by atoms with Crippen LogP contribution < -0.4 is 0 Å². The fraction of sp³-hybridized carbons (Fsp3) is 0.556. The van der Waals surface area contributed by atoms with Crippen LogP contribution in [-0.2, 0) is 30.6 Å². The van der Waals surface area contributed by atoms with Crippen LogP contribution in [0.4, 0.5) is 0 Å². The average Bonchev–Trinajstić information content (AvgIpc) is 3.31. The first-order valence-electron chi connectivity index (χ1n) is 8.57. The second kappa shape index (κ2) is 7.15. The zero-order valence-corrected chi connectivity index (χ0v) is 15.1. The van der Waals surface area contributed by atoms with Crippen molar-refractivity contribution in [3.8, 4) is 0 Å². The highest BCUT2D eigenvalue weighted by atomic mass is 32.2. The van der Waals surface area contributed by atoms with Gasteiger partial charge in [-0.15, -0.1) is 0 Å². The first-order valence-corrected chi connectivity index (χ1v) is 10.4. The number of aryl methyl sites for hydroxylation is 1. The topological polar surface area (TPSA) is 80.8 Å². The molecule has 1 aliphatic carbocycles. The summed E-state index contributed by atoms with van der Waals surface area (Å²) < 4.78 is 28.5. The van der Waals surface area contributed by atoms with Crippen LogP contribution in [0.5, 0.6) is 0 Å². The van der Waals surface area contributed by atoms with Crippen LogP contribution in [0.1, 0.15) is 30.4 Å². The highest BCUT2D eigenvalue weighted by Gasteiger charge is 2.42. The second-order valence-corrected chi connectivity index (χ2v) is 9.14. The SMILES string of the molecule is Cc1ccc(CC(=O)OCC(=O)N(C2CC2)[C@@H]2CCS(=O)(=O)C2)cc1. The summed E-state index contributed by atoms with van der Waals surface area (Å²) in [5.41, 5.74) is 1.95. The number of benzene rings is 1. The summed E-state index contributed by atoms with van der Waals surface area (Å²) in [6.07, 6.45) is 2.37. The van der Waals surface area contributed by atoms with Gasteiger partial charge in [-0.1, -0.05) is 29.8 Å². The van der Waals surface area contributed by atoms with Crippen LogP contribution in [0.2, 0.25) is 0 Å². The van der Waals surface area contributed by atoms with Gasteiger partial charge in [-0.3, -0.25) is 9.59 Å². The van der Waals surface area contributed by atoms with E-state index >= 15 is 0 Å². The molecule has 1 aromatic rings. The number of amides is 1. The highest BCUT2D eigenvalue weighted by molar-refractivity contribution is 7.91. The number of hydrogen-bond acceptors (Lipinski definition) is 5. The molecule has 1 amide bonds. The number of carbonyl (C=O) groups is 2. The van der Waals surface area contributed by atoms with E-state index in [0.717, 1.165) is 24.0 Å². The summed E-state index contributed by atoms with van der Waals surface area (Å²) in [5.74, 6) is -0.595. The van der Waals surface area contributed by atoms with E-state index in [0.29, 0.717) is 6.42 Å². The largest absolute Gasteiger partial charge is 0.455 e. The molecule has 0 spiro atoms. The lowest BCUT2D eigenvalue weighted by atomic mass is 10.1. The van der Waals surface area contributed by atoms with Crippen molar-refractivity contribution < 1.29 is 22.7 Å². The molecule has 7 heteroatoms. The van der Waals surface area contributed by atoms with Gasteiger partial charge in [0.15, 0.2) is 16.4 Å². The standard InChI is InChI=1S/C18H23NO5S/c1-13-2-4-14(5-3-13)10-18(21)24-11-17(20)19(15-6-7-15)16-8-9-25(22,23)12-16/h2-5,15-16H,6-12H2,1H3/t16-/m1/s1. The minimum atomic E-state index is -3.06. The third kappa shape index (κ3) is 4.81. The first-order chi connectivity index (χ1) is 11.8. The van der Waals surface area contributed by atoms with Gasteiger partial charge in [0.1, 0.15) is 0 Å². The van der Waals surface area contributed by atoms with Crippen LogP contribution in [0.3, 0.4) is 0 Å². The molecule has 1 saturated heterocycles. The van der Waals surface area contributed by atoms with Crippen LogP contribution in [0.25, 0.3) is 0 Å². The minimum absolute atomic E-state index is 0.0204. The van der Waals surface area contributed by atoms with Crippen molar-refractivity contribution in [3.63, 3.8) is 0 Å². The van der Waals surface area contributed by atoms with Gasteiger partial charge in [0, 0.05) is 12.1 Å². The van der Waals surface area contributed by atoms with E-state index in [1.54, 1.807) is 4.90 Å². The van der Waals surface area contributed by atoms with E-state index in [1.165, 1.54) is 0 Å². The number of nitrogens with zero attached hydrogens (tertiary/aromatic N) is 1. The van der Waals surface area contributed by atoms with E-state index in [4.69, 9.17) is 4.74 Å². The van der Waals surface area contributed by atoms with E-state index in [2.05, 4.69) is 0 Å². The molecule has 1 aliphatic heterocycles. The van der Waals surface area contributed by atoms with E-state index in [-0.39, 0.29) is 42.5 Å². The normalized spacial score (nSPS) is 21.7. The van der Waals surface area contributed by atoms with Gasteiger partial charge in [-0.25, -0.2) is 8.42 Å². The van der Waals surface area contributed by atoms with Crippen molar-refractivity contribution in [3.05, 3.63) is 35.4 Å². The molecule has 136 valence electrons. The number of hydrogen-bond donors (Lipinski definition) is 0. The van der Waals surface area contributed by atoms with Crippen LogP contribution in [0, 0.1) is 6.92 Å². The molecule has 25 heavy (non-hydrogen) atoms. The fourth-order valence-electron chi connectivity index (χ4n) is 3.19. The molecular formula is C18H23NO5S. The quantitative estimate of drug-likeness (QED) is 0.709. The average molecular weight is 365 g/mol. The summed E-state index contributed by atoms with van der Waals surface area (Å²) in [4.78, 5) is 26.1. The number of carbonyl (C=O) groups excluding carboxylic acids is 2. The van der Waals surface area contributed by atoms with Crippen molar-refractivity contribution in [1.82, 2.24) is 4.90 Å². The molecule has 1 saturated carbocycles. The first kappa shape index (κ1) is 17.9. The number of ether oxygens (including phenoxy) is 1. The maximum absolute atomic E-state index is 12.5. The van der Waals surface area contributed by atoms with Crippen molar-refractivity contribution in [2.45, 2.75) is 44.7 Å². The molecule has 2 fully saturated rings. The van der Waals surface area contributed by atoms with Crippen LogP contribution in [0.15, 0.2) is 24.3 Å². The maximum atomic E-state index is 12.5. The fourth-order valence-corrected chi connectivity index (χ4v) is 4.90. The summed E-state index contributed by atoms with van der Waals surface area (Å²) >= 11 is 0. The Hall–Kier alpha value is -1.89. The van der Waals surface area contributed by atoms with Gasteiger partial charge in [0.2, 0.25) is 0 Å². The Morgan fingerprint density at radius 3 is 2.36 bits per heavy atom. The third-order valence-electron chi connectivity index (χ3n) is 4.66. The Bertz CT molecular complexity index is 752. The summed E-state index contributed by atoms with van der Waals surface area (Å²) in [7, 11) is -3.06. The molecular weight excluding hydrogens is 342 g/mol. The van der Waals surface area contributed by atoms with Crippen molar-refractivity contribution in [2.24, 2.45) is 0 Å².